The van der Waals surface area contributed by atoms with Gasteiger partial charge in [0.15, 0.2) is 0 Å². The monoisotopic (exact) mass is 355 g/mol. The van der Waals surface area contributed by atoms with E-state index in [-0.39, 0.29) is 11.9 Å². The molecule has 0 spiro atoms. The van der Waals surface area contributed by atoms with Crippen molar-refractivity contribution in [2.75, 3.05) is 31.2 Å². The molecule has 3 aliphatic rings. The molecule has 1 saturated carbocycles. The largest absolute Gasteiger partial charge is 0.381 e. The molecule has 0 bridgehead atoms. The minimum atomic E-state index is -0.939. The van der Waals surface area contributed by atoms with Crippen LogP contribution in [0, 0.1) is 35.5 Å². The predicted molar refractivity (Wildman–Crippen MR) is 95.2 cm³/mol. The van der Waals surface area contributed by atoms with E-state index < -0.39 is 5.41 Å². The molecule has 2 aliphatic heterocycles. The van der Waals surface area contributed by atoms with Crippen molar-refractivity contribution in [3.05, 3.63) is 18.1 Å². The van der Waals surface area contributed by atoms with E-state index in [1.54, 1.807) is 6.20 Å². The van der Waals surface area contributed by atoms with Gasteiger partial charge in [-0.25, -0.2) is 9.97 Å². The molecule has 1 N–H and O–H groups in total. The van der Waals surface area contributed by atoms with Crippen molar-refractivity contribution >= 4 is 11.7 Å². The summed E-state index contributed by atoms with van der Waals surface area (Å²) in [7, 11) is 0. The number of amides is 1. The Morgan fingerprint density at radius 3 is 2.81 bits per heavy atom. The Kier molecular flexibility index (Phi) is 4.53. The van der Waals surface area contributed by atoms with Crippen LogP contribution in [-0.4, -0.2) is 48.2 Å². The summed E-state index contributed by atoms with van der Waals surface area (Å²) in [5.41, 5.74) is -0.939. The molecule has 4 rings (SSSR count). The van der Waals surface area contributed by atoms with E-state index in [2.05, 4.69) is 26.3 Å². The summed E-state index contributed by atoms with van der Waals surface area (Å²) in [5, 5.41) is 12.9. The molecule has 26 heavy (non-hydrogen) atoms. The fourth-order valence-electron chi connectivity index (χ4n) is 4.21. The second-order valence-corrected chi connectivity index (χ2v) is 7.75. The van der Waals surface area contributed by atoms with Crippen LogP contribution in [0.15, 0.2) is 12.3 Å². The van der Waals surface area contributed by atoms with Gasteiger partial charge in [-0.05, 0) is 44.6 Å². The Morgan fingerprint density at radius 1 is 1.38 bits per heavy atom. The number of nitrogens with zero attached hydrogens (tertiary/aromatic N) is 4. The van der Waals surface area contributed by atoms with Gasteiger partial charge in [0, 0.05) is 38.4 Å². The van der Waals surface area contributed by atoms with Crippen molar-refractivity contribution in [1.82, 2.24) is 15.3 Å². The molecular formula is C19H25N5O2. The third-order valence-electron chi connectivity index (χ3n) is 5.99. The van der Waals surface area contributed by atoms with Crippen molar-refractivity contribution < 1.29 is 9.53 Å². The standard InChI is InChI=1S/C19H25N5O2/c1-13-21-7-4-17(22-13)24-10-15(14-2-3-14)16(11-24)23-18(25)19(12-20)5-8-26-9-6-19/h4,7,14-16H,2-3,5-6,8-11H2,1H3,(H,23,25)/t15-,16+/m1/s1. The van der Waals surface area contributed by atoms with E-state index in [9.17, 15) is 10.1 Å². The number of nitrogens with one attached hydrogen (secondary N) is 1. The summed E-state index contributed by atoms with van der Waals surface area (Å²) in [4.78, 5) is 23.9. The van der Waals surface area contributed by atoms with Crippen LogP contribution >= 0.6 is 0 Å². The minimum Gasteiger partial charge on any atom is -0.381 e. The number of nitriles is 1. The van der Waals surface area contributed by atoms with Gasteiger partial charge in [0.1, 0.15) is 17.1 Å². The number of carbonyl (C=O) groups is 1. The molecule has 138 valence electrons. The van der Waals surface area contributed by atoms with E-state index in [1.807, 2.05) is 13.0 Å². The molecule has 0 aromatic carbocycles. The van der Waals surface area contributed by atoms with Crippen LogP contribution in [0.5, 0.6) is 0 Å². The number of carbonyl (C=O) groups excluding carboxylic acids is 1. The molecule has 1 aliphatic carbocycles. The van der Waals surface area contributed by atoms with Crippen LogP contribution in [0.4, 0.5) is 5.82 Å². The number of rotatable bonds is 4. The number of hydrogen-bond donors (Lipinski definition) is 1. The molecule has 0 unspecified atom stereocenters. The van der Waals surface area contributed by atoms with Crippen LogP contribution in [-0.2, 0) is 9.53 Å². The fourth-order valence-corrected chi connectivity index (χ4v) is 4.21. The number of ether oxygens (including phenoxy) is 1. The summed E-state index contributed by atoms with van der Waals surface area (Å²) >= 11 is 0. The van der Waals surface area contributed by atoms with Crippen LogP contribution in [0.3, 0.4) is 0 Å². The molecule has 1 aromatic heterocycles. The Bertz CT molecular complexity index is 721. The van der Waals surface area contributed by atoms with Gasteiger partial charge >= 0.3 is 0 Å². The van der Waals surface area contributed by atoms with Gasteiger partial charge in [0.05, 0.1) is 12.1 Å². The van der Waals surface area contributed by atoms with Crippen LogP contribution in [0.25, 0.3) is 0 Å². The fraction of sp³-hybridized carbons (Fsp3) is 0.684. The van der Waals surface area contributed by atoms with Gasteiger partial charge in [-0.1, -0.05) is 0 Å². The molecule has 3 heterocycles. The highest BCUT2D eigenvalue weighted by atomic mass is 16.5. The lowest BCUT2D eigenvalue weighted by atomic mass is 9.80. The molecule has 1 amide bonds. The van der Waals surface area contributed by atoms with Crippen molar-refractivity contribution in [2.45, 2.75) is 38.6 Å². The average molecular weight is 355 g/mol. The highest BCUT2D eigenvalue weighted by molar-refractivity contribution is 5.86. The first kappa shape index (κ1) is 17.2. The molecule has 2 saturated heterocycles. The number of anilines is 1. The zero-order chi connectivity index (χ0) is 18.1. The summed E-state index contributed by atoms with van der Waals surface area (Å²) in [6.45, 7) is 4.48. The first-order chi connectivity index (χ1) is 12.6. The van der Waals surface area contributed by atoms with E-state index in [0.29, 0.717) is 37.9 Å². The Morgan fingerprint density at radius 2 is 2.15 bits per heavy atom. The van der Waals surface area contributed by atoms with E-state index in [1.165, 1.54) is 12.8 Å². The topological polar surface area (TPSA) is 91.1 Å². The van der Waals surface area contributed by atoms with Gasteiger partial charge in [-0.3, -0.25) is 4.79 Å². The Hall–Kier alpha value is -2.20. The third kappa shape index (κ3) is 3.26. The lowest BCUT2D eigenvalue weighted by molar-refractivity contribution is -0.133. The molecule has 3 fully saturated rings. The average Bonchev–Trinajstić information content (AvgIpc) is 3.42. The van der Waals surface area contributed by atoms with Gasteiger partial charge < -0.3 is 15.0 Å². The molecule has 1 aromatic rings. The number of hydrogen-bond acceptors (Lipinski definition) is 6. The maximum absolute atomic E-state index is 13.0. The van der Waals surface area contributed by atoms with Crippen molar-refractivity contribution in [2.24, 2.45) is 17.3 Å². The first-order valence-corrected chi connectivity index (χ1v) is 9.46. The van der Waals surface area contributed by atoms with Gasteiger partial charge in [-0.2, -0.15) is 5.26 Å². The van der Waals surface area contributed by atoms with E-state index in [0.717, 1.165) is 24.7 Å². The molecular weight excluding hydrogens is 330 g/mol. The molecule has 7 heteroatoms. The van der Waals surface area contributed by atoms with Crippen LogP contribution in [0.2, 0.25) is 0 Å². The zero-order valence-corrected chi connectivity index (χ0v) is 15.1. The Labute approximate surface area is 153 Å². The van der Waals surface area contributed by atoms with E-state index >= 15 is 0 Å². The van der Waals surface area contributed by atoms with Gasteiger partial charge in [-0.15, -0.1) is 0 Å². The van der Waals surface area contributed by atoms with Gasteiger partial charge in [0.2, 0.25) is 5.91 Å². The lowest BCUT2D eigenvalue weighted by Gasteiger charge is -2.31. The van der Waals surface area contributed by atoms with Crippen molar-refractivity contribution in [3.63, 3.8) is 0 Å². The summed E-state index contributed by atoms with van der Waals surface area (Å²) in [6.07, 6.45) is 5.19. The third-order valence-corrected chi connectivity index (χ3v) is 5.99. The molecule has 2 atom stereocenters. The SMILES string of the molecule is Cc1nccc(N2C[C@H](NC(=O)C3(C#N)CCOCC3)[C@@H](C3CC3)C2)n1. The highest BCUT2D eigenvalue weighted by Gasteiger charge is 2.47. The number of aryl methyl sites for hydroxylation is 1. The Balaban J connectivity index is 1.49. The normalized spacial score (nSPS) is 27.8. The second kappa shape index (κ2) is 6.84. The number of aromatic nitrogens is 2. The summed E-state index contributed by atoms with van der Waals surface area (Å²) < 4.78 is 5.35. The van der Waals surface area contributed by atoms with Gasteiger partial charge in [0.25, 0.3) is 0 Å². The van der Waals surface area contributed by atoms with Crippen LogP contribution < -0.4 is 10.2 Å². The summed E-state index contributed by atoms with van der Waals surface area (Å²) in [6, 6.07) is 4.27. The van der Waals surface area contributed by atoms with Crippen LogP contribution in [0.1, 0.15) is 31.5 Å². The zero-order valence-electron chi connectivity index (χ0n) is 15.1. The van der Waals surface area contributed by atoms with E-state index in [4.69, 9.17) is 4.74 Å². The quantitative estimate of drug-likeness (QED) is 0.879. The minimum absolute atomic E-state index is 0.0679. The molecule has 0 radical (unpaired) electrons. The second-order valence-electron chi connectivity index (χ2n) is 7.75. The predicted octanol–water partition coefficient (Wildman–Crippen LogP) is 1.44. The van der Waals surface area contributed by atoms with Crippen molar-refractivity contribution in [3.8, 4) is 6.07 Å². The molecule has 7 nitrogen and oxygen atoms in total. The highest BCUT2D eigenvalue weighted by Crippen LogP contribution is 2.42. The summed E-state index contributed by atoms with van der Waals surface area (Å²) in [5.74, 6) is 2.63. The maximum atomic E-state index is 13.0. The smallest absolute Gasteiger partial charge is 0.240 e. The first-order valence-electron chi connectivity index (χ1n) is 9.46. The van der Waals surface area contributed by atoms with Crippen molar-refractivity contribution in [1.29, 1.82) is 5.26 Å². The lowest BCUT2D eigenvalue weighted by Crippen LogP contribution is -2.50. The maximum Gasteiger partial charge on any atom is 0.240 e.